The number of hydrogen-bond donors (Lipinski definition) is 0. The molecule has 4 saturated heterocycles. The Morgan fingerprint density at radius 1 is 0.840 bits per heavy atom. The van der Waals surface area contributed by atoms with Crippen LogP contribution in [-0.2, 0) is 23.8 Å². The maximum Gasteiger partial charge on any atom is 0.306 e. The Bertz CT molecular complexity index is 480. The monoisotopic (exact) mass is 350 g/mol. The third-order valence-corrected chi connectivity index (χ3v) is 6.39. The molecule has 140 valence electrons. The summed E-state index contributed by atoms with van der Waals surface area (Å²) in [4.78, 5) is 23.9. The Morgan fingerprint density at radius 3 is 2.24 bits per heavy atom. The van der Waals surface area contributed by atoms with Gasteiger partial charge in [0, 0.05) is 44.9 Å². The van der Waals surface area contributed by atoms with Crippen molar-refractivity contribution in [3.8, 4) is 0 Å². The average Bonchev–Trinajstić information content (AvgIpc) is 2.56. The number of unbranched alkanes of at least 4 members (excludes halogenated alkanes) is 1. The number of ether oxygens (including phenoxy) is 3. The molecule has 0 radical (unpaired) electrons. The zero-order valence-electron chi connectivity index (χ0n) is 15.0. The molecule has 2 aliphatic carbocycles. The van der Waals surface area contributed by atoms with Gasteiger partial charge in [0.05, 0.1) is 24.4 Å². The lowest BCUT2D eigenvalue weighted by Crippen LogP contribution is -2.48. The number of hydrogen-bond acceptors (Lipinski definition) is 5. The van der Waals surface area contributed by atoms with Crippen LogP contribution in [0.15, 0.2) is 0 Å². The van der Waals surface area contributed by atoms with E-state index in [0.717, 1.165) is 38.5 Å². The highest BCUT2D eigenvalue weighted by Crippen LogP contribution is 2.41. The summed E-state index contributed by atoms with van der Waals surface area (Å²) in [5.74, 6) is 0.812. The summed E-state index contributed by atoms with van der Waals surface area (Å²) >= 11 is 0. The number of rotatable bonds is 9. The second kappa shape index (κ2) is 7.75. The van der Waals surface area contributed by atoms with Crippen LogP contribution in [0.2, 0.25) is 0 Å². The highest BCUT2D eigenvalue weighted by molar-refractivity contribution is 5.78. The summed E-state index contributed by atoms with van der Waals surface area (Å²) in [5.41, 5.74) is 0. The first-order valence-electron chi connectivity index (χ1n) is 10.2. The number of ketones is 1. The van der Waals surface area contributed by atoms with E-state index in [1.165, 1.54) is 19.3 Å². The predicted molar refractivity (Wildman–Crippen MR) is 91.1 cm³/mol. The van der Waals surface area contributed by atoms with Gasteiger partial charge in [-0.15, -0.1) is 0 Å². The number of esters is 1. The second-order valence-corrected chi connectivity index (χ2v) is 8.35. The molecule has 0 aromatic carbocycles. The van der Waals surface area contributed by atoms with Gasteiger partial charge in [0.15, 0.2) is 0 Å². The third-order valence-electron chi connectivity index (χ3n) is 6.39. The van der Waals surface area contributed by atoms with Crippen molar-refractivity contribution >= 4 is 11.8 Å². The first-order valence-corrected chi connectivity index (χ1v) is 10.2. The van der Waals surface area contributed by atoms with E-state index in [9.17, 15) is 9.59 Å². The Kier molecular flexibility index (Phi) is 5.41. The van der Waals surface area contributed by atoms with Crippen molar-refractivity contribution in [1.29, 1.82) is 0 Å². The van der Waals surface area contributed by atoms with E-state index in [2.05, 4.69) is 0 Å². The second-order valence-electron chi connectivity index (χ2n) is 8.35. The molecule has 2 saturated carbocycles. The molecule has 5 unspecified atom stereocenters. The van der Waals surface area contributed by atoms with E-state index in [1.807, 2.05) is 0 Å². The van der Waals surface area contributed by atoms with Crippen LogP contribution in [0.5, 0.6) is 0 Å². The zero-order valence-corrected chi connectivity index (χ0v) is 15.0. The molecule has 4 heterocycles. The number of Topliss-reactive ketones (excluding diaryl/α,β-unsaturated/α-hetero) is 1. The molecule has 0 N–H and O–H groups in total. The summed E-state index contributed by atoms with van der Waals surface area (Å²) in [7, 11) is 0. The van der Waals surface area contributed by atoms with Gasteiger partial charge in [0.1, 0.15) is 11.9 Å². The maximum absolute atomic E-state index is 12.0. The smallest absolute Gasteiger partial charge is 0.306 e. The molecule has 0 amide bonds. The van der Waals surface area contributed by atoms with Gasteiger partial charge < -0.3 is 14.2 Å². The van der Waals surface area contributed by atoms with Gasteiger partial charge in [-0.25, -0.2) is 0 Å². The number of carbonyl (C=O) groups excluding carboxylic acids is 2. The van der Waals surface area contributed by atoms with Gasteiger partial charge >= 0.3 is 5.97 Å². The molecule has 6 fully saturated rings. The predicted octanol–water partition coefficient (Wildman–Crippen LogP) is 3.33. The normalized spacial score (nSPS) is 38.4. The van der Waals surface area contributed by atoms with Crippen LogP contribution in [0.25, 0.3) is 0 Å². The maximum atomic E-state index is 12.0. The van der Waals surface area contributed by atoms with E-state index in [1.54, 1.807) is 0 Å². The minimum Gasteiger partial charge on any atom is -0.462 e. The summed E-state index contributed by atoms with van der Waals surface area (Å²) in [6, 6.07) is 0. The lowest BCUT2D eigenvalue weighted by Gasteiger charge is -2.46. The minimum atomic E-state index is -0.113. The van der Waals surface area contributed by atoms with Crippen LogP contribution in [0, 0.1) is 5.92 Å². The lowest BCUT2D eigenvalue weighted by atomic mass is 9.77. The van der Waals surface area contributed by atoms with Gasteiger partial charge in [-0.05, 0) is 38.0 Å². The van der Waals surface area contributed by atoms with Crippen LogP contribution < -0.4 is 0 Å². The molecule has 6 aliphatic rings. The molecule has 0 spiro atoms. The number of fused-ring (bicyclic) bond motifs is 4. The van der Waals surface area contributed by atoms with Gasteiger partial charge in [0.25, 0.3) is 0 Å². The fourth-order valence-electron chi connectivity index (χ4n) is 4.85. The molecular formula is C20H30O5. The zero-order chi connectivity index (χ0) is 17.2. The molecule has 4 bridgehead atoms. The van der Waals surface area contributed by atoms with Gasteiger partial charge in [-0.2, -0.15) is 0 Å². The van der Waals surface area contributed by atoms with E-state index < -0.39 is 0 Å². The van der Waals surface area contributed by atoms with Gasteiger partial charge in [-0.1, -0.05) is 0 Å². The van der Waals surface area contributed by atoms with Crippen LogP contribution in [-0.4, -0.2) is 42.3 Å². The van der Waals surface area contributed by atoms with Crippen molar-refractivity contribution < 1.29 is 23.8 Å². The molecule has 5 heteroatoms. The Hall–Kier alpha value is -0.940. The van der Waals surface area contributed by atoms with Crippen molar-refractivity contribution in [2.45, 2.75) is 108 Å². The van der Waals surface area contributed by atoms with Gasteiger partial charge in [-0.3, -0.25) is 9.59 Å². The molecule has 5 nitrogen and oxygen atoms in total. The number of carbonyl (C=O) groups is 2. The van der Waals surface area contributed by atoms with E-state index in [0.29, 0.717) is 55.4 Å². The molecular weight excluding hydrogens is 320 g/mol. The van der Waals surface area contributed by atoms with E-state index in [4.69, 9.17) is 14.2 Å². The topological polar surface area (TPSA) is 61.8 Å². The summed E-state index contributed by atoms with van der Waals surface area (Å²) < 4.78 is 16.8. The Balaban J connectivity index is 1.03. The third kappa shape index (κ3) is 4.43. The van der Waals surface area contributed by atoms with Crippen molar-refractivity contribution in [3.05, 3.63) is 0 Å². The van der Waals surface area contributed by atoms with E-state index in [-0.39, 0.29) is 12.1 Å². The largest absolute Gasteiger partial charge is 0.462 e. The first-order chi connectivity index (χ1) is 12.2. The minimum absolute atomic E-state index is 0.0513. The fraction of sp³-hybridized carbons (Fsp3) is 0.900. The lowest BCUT2D eigenvalue weighted by molar-refractivity contribution is -0.200. The fourth-order valence-corrected chi connectivity index (χ4v) is 4.85. The van der Waals surface area contributed by atoms with E-state index >= 15 is 0 Å². The summed E-state index contributed by atoms with van der Waals surface area (Å²) in [6.07, 6.45) is 12.3. The van der Waals surface area contributed by atoms with Crippen LogP contribution >= 0.6 is 0 Å². The average molecular weight is 350 g/mol. The van der Waals surface area contributed by atoms with Crippen LogP contribution in [0.4, 0.5) is 0 Å². The van der Waals surface area contributed by atoms with Crippen LogP contribution in [0.3, 0.4) is 0 Å². The Labute approximate surface area is 149 Å². The molecule has 25 heavy (non-hydrogen) atoms. The Morgan fingerprint density at radius 2 is 1.56 bits per heavy atom. The molecule has 0 aromatic heterocycles. The molecule has 4 aliphatic heterocycles. The standard InChI is InChI=1S/C20H30O5/c21-14(7-5-13-6-8-15-12-19(13)24-15)3-1-2-4-20(22)25-18-10-16-9-17(11-18)23-16/h13,15-19H,1-12H2. The van der Waals surface area contributed by atoms with Gasteiger partial charge in [0.2, 0.25) is 0 Å². The summed E-state index contributed by atoms with van der Waals surface area (Å²) in [6.45, 7) is 0. The van der Waals surface area contributed by atoms with Crippen molar-refractivity contribution in [3.63, 3.8) is 0 Å². The summed E-state index contributed by atoms with van der Waals surface area (Å²) in [5, 5.41) is 0. The van der Waals surface area contributed by atoms with Crippen molar-refractivity contribution in [2.75, 3.05) is 0 Å². The quantitative estimate of drug-likeness (QED) is 0.471. The highest BCUT2D eigenvalue weighted by atomic mass is 16.6. The highest BCUT2D eigenvalue weighted by Gasteiger charge is 2.41. The first kappa shape index (κ1) is 17.5. The van der Waals surface area contributed by atoms with Crippen molar-refractivity contribution in [1.82, 2.24) is 0 Å². The molecule has 5 atom stereocenters. The van der Waals surface area contributed by atoms with Crippen molar-refractivity contribution in [2.24, 2.45) is 5.92 Å². The van der Waals surface area contributed by atoms with Crippen LogP contribution in [0.1, 0.15) is 77.0 Å². The molecule has 0 aromatic rings. The SMILES string of the molecule is O=C(CCCCC(=O)OC1CC2CC(C1)O2)CCC1CCC2CC1O2. The molecule has 6 rings (SSSR count).